The van der Waals surface area contributed by atoms with E-state index in [1.54, 1.807) is 12.1 Å². The second-order valence-electron chi connectivity index (χ2n) is 5.25. The van der Waals surface area contributed by atoms with Crippen LogP contribution in [-0.2, 0) is 12.8 Å². The maximum atomic E-state index is 12.3. The van der Waals surface area contributed by atoms with Crippen LogP contribution in [0.2, 0.25) is 0 Å². The fourth-order valence-electron chi connectivity index (χ4n) is 2.43. The van der Waals surface area contributed by atoms with E-state index in [2.05, 4.69) is 6.92 Å². The molecule has 3 heteroatoms. The monoisotopic (exact) mass is 292 g/mol. The van der Waals surface area contributed by atoms with Crippen LogP contribution in [0.3, 0.4) is 0 Å². The lowest BCUT2D eigenvalue weighted by atomic mass is 10.0. The molecular formula is C19H16O3. The van der Waals surface area contributed by atoms with Crippen molar-refractivity contribution in [1.29, 1.82) is 0 Å². The minimum absolute atomic E-state index is 0.0542. The molecule has 0 saturated carbocycles. The summed E-state index contributed by atoms with van der Waals surface area (Å²) in [6, 6.07) is 16.5. The van der Waals surface area contributed by atoms with Crippen molar-refractivity contribution in [1.82, 2.24) is 0 Å². The van der Waals surface area contributed by atoms with Gasteiger partial charge in [0.25, 0.3) is 0 Å². The maximum Gasteiger partial charge on any atom is 0.339 e. The van der Waals surface area contributed by atoms with E-state index in [9.17, 15) is 9.59 Å². The molecule has 1 heterocycles. The van der Waals surface area contributed by atoms with Gasteiger partial charge in [-0.3, -0.25) is 4.79 Å². The Bertz CT molecular complexity index is 873. The smallest absolute Gasteiger partial charge is 0.339 e. The summed E-state index contributed by atoms with van der Waals surface area (Å²) in [5.41, 5.74) is 2.28. The van der Waals surface area contributed by atoms with Crippen LogP contribution in [-0.4, -0.2) is 5.78 Å². The zero-order chi connectivity index (χ0) is 15.5. The van der Waals surface area contributed by atoms with Gasteiger partial charge in [0.2, 0.25) is 0 Å². The number of carbonyl (C=O) groups is 1. The average molecular weight is 292 g/mol. The van der Waals surface area contributed by atoms with Gasteiger partial charge in [0.05, 0.1) is 0 Å². The van der Waals surface area contributed by atoms with E-state index < -0.39 is 5.63 Å². The first-order valence-corrected chi connectivity index (χ1v) is 7.31. The van der Waals surface area contributed by atoms with Gasteiger partial charge < -0.3 is 4.42 Å². The summed E-state index contributed by atoms with van der Waals surface area (Å²) in [6.07, 6.45) is 0.987. The normalized spacial score (nSPS) is 10.8. The van der Waals surface area contributed by atoms with E-state index >= 15 is 0 Å². The summed E-state index contributed by atoms with van der Waals surface area (Å²) >= 11 is 0. The van der Waals surface area contributed by atoms with Crippen molar-refractivity contribution in [3.8, 4) is 0 Å². The summed E-state index contributed by atoms with van der Waals surface area (Å²) in [6.45, 7) is 2.07. The van der Waals surface area contributed by atoms with Gasteiger partial charge in [-0.25, -0.2) is 4.79 Å². The first-order valence-electron chi connectivity index (χ1n) is 7.31. The standard InChI is InChI=1S/C19H16O3/c1-2-13-7-9-14(10-8-13)17(20)12-16-11-15-5-3-4-6-18(15)22-19(16)21/h3-11H,2,12H2,1H3. The Morgan fingerprint density at radius 1 is 1.05 bits per heavy atom. The molecule has 110 valence electrons. The van der Waals surface area contributed by atoms with E-state index in [-0.39, 0.29) is 12.2 Å². The van der Waals surface area contributed by atoms with Crippen LogP contribution in [0.25, 0.3) is 11.0 Å². The molecule has 3 nitrogen and oxygen atoms in total. The van der Waals surface area contributed by atoms with Crippen LogP contribution in [0.4, 0.5) is 0 Å². The minimum Gasteiger partial charge on any atom is -0.423 e. The molecule has 0 aliphatic heterocycles. The lowest BCUT2D eigenvalue weighted by molar-refractivity contribution is 0.0992. The number of rotatable bonds is 4. The van der Waals surface area contributed by atoms with Gasteiger partial charge in [0.15, 0.2) is 5.78 Å². The topological polar surface area (TPSA) is 47.3 Å². The van der Waals surface area contributed by atoms with Gasteiger partial charge >= 0.3 is 5.63 Å². The van der Waals surface area contributed by atoms with Crippen molar-refractivity contribution in [3.63, 3.8) is 0 Å². The summed E-state index contributed by atoms with van der Waals surface area (Å²) in [5, 5.41) is 0.825. The van der Waals surface area contributed by atoms with Gasteiger partial charge in [-0.15, -0.1) is 0 Å². The molecule has 0 aliphatic rings. The van der Waals surface area contributed by atoms with Gasteiger partial charge in [-0.2, -0.15) is 0 Å². The second-order valence-corrected chi connectivity index (χ2v) is 5.25. The molecule has 3 aromatic rings. The largest absolute Gasteiger partial charge is 0.423 e. The van der Waals surface area contributed by atoms with Crippen molar-refractivity contribution in [2.24, 2.45) is 0 Å². The van der Waals surface area contributed by atoms with Crippen molar-refractivity contribution >= 4 is 16.8 Å². The zero-order valence-electron chi connectivity index (χ0n) is 12.3. The Labute approximate surface area is 128 Å². The van der Waals surface area contributed by atoms with Crippen LogP contribution >= 0.6 is 0 Å². The van der Waals surface area contributed by atoms with Crippen LogP contribution in [0.15, 0.2) is 63.8 Å². The molecule has 1 aromatic heterocycles. The van der Waals surface area contributed by atoms with Crippen LogP contribution < -0.4 is 5.63 Å². The zero-order valence-corrected chi connectivity index (χ0v) is 12.3. The lowest BCUT2D eigenvalue weighted by Crippen LogP contribution is -2.13. The number of hydrogen-bond donors (Lipinski definition) is 0. The van der Waals surface area contributed by atoms with Crippen molar-refractivity contribution in [2.75, 3.05) is 0 Å². The van der Waals surface area contributed by atoms with E-state index in [4.69, 9.17) is 4.42 Å². The molecule has 0 unspecified atom stereocenters. The average Bonchev–Trinajstić information content (AvgIpc) is 2.55. The third-order valence-electron chi connectivity index (χ3n) is 3.75. The predicted octanol–water partition coefficient (Wildman–Crippen LogP) is 3.78. The molecule has 0 N–H and O–H groups in total. The van der Waals surface area contributed by atoms with Crippen molar-refractivity contribution in [2.45, 2.75) is 19.8 Å². The minimum atomic E-state index is -0.447. The maximum absolute atomic E-state index is 12.3. The molecule has 0 fully saturated rings. The number of para-hydroxylation sites is 1. The summed E-state index contributed by atoms with van der Waals surface area (Å²) in [7, 11) is 0. The third-order valence-corrected chi connectivity index (χ3v) is 3.75. The van der Waals surface area contributed by atoms with Gasteiger partial charge in [0.1, 0.15) is 5.58 Å². The Balaban J connectivity index is 1.90. The first kappa shape index (κ1) is 14.3. The van der Waals surface area contributed by atoms with Gasteiger partial charge in [-0.1, -0.05) is 49.4 Å². The van der Waals surface area contributed by atoms with E-state index in [1.165, 1.54) is 5.56 Å². The molecule has 0 aliphatic carbocycles. The number of ketones is 1. The van der Waals surface area contributed by atoms with Crippen LogP contribution in [0, 0.1) is 0 Å². The van der Waals surface area contributed by atoms with Crippen molar-refractivity contribution < 1.29 is 9.21 Å². The lowest BCUT2D eigenvalue weighted by Gasteiger charge is -2.03. The Morgan fingerprint density at radius 2 is 1.77 bits per heavy atom. The molecule has 0 radical (unpaired) electrons. The second kappa shape index (κ2) is 5.98. The molecule has 0 spiro atoms. The number of hydrogen-bond acceptors (Lipinski definition) is 3. The molecular weight excluding hydrogens is 276 g/mol. The number of carbonyl (C=O) groups excluding carboxylic acids is 1. The Kier molecular flexibility index (Phi) is 3.88. The number of fused-ring (bicyclic) bond motifs is 1. The number of aryl methyl sites for hydroxylation is 1. The molecule has 0 bridgehead atoms. The highest BCUT2D eigenvalue weighted by atomic mass is 16.4. The molecule has 22 heavy (non-hydrogen) atoms. The molecule has 2 aromatic carbocycles. The molecule has 0 amide bonds. The molecule has 3 rings (SSSR count). The van der Waals surface area contributed by atoms with E-state index in [0.29, 0.717) is 16.7 Å². The van der Waals surface area contributed by atoms with E-state index in [0.717, 1.165) is 11.8 Å². The Morgan fingerprint density at radius 3 is 2.50 bits per heavy atom. The first-order chi connectivity index (χ1) is 10.7. The highest BCUT2D eigenvalue weighted by Gasteiger charge is 2.12. The molecule has 0 atom stereocenters. The van der Waals surface area contributed by atoms with Crippen LogP contribution in [0.5, 0.6) is 0 Å². The van der Waals surface area contributed by atoms with Crippen LogP contribution in [0.1, 0.15) is 28.4 Å². The van der Waals surface area contributed by atoms with E-state index in [1.807, 2.05) is 42.5 Å². The van der Waals surface area contributed by atoms with Crippen molar-refractivity contribution in [3.05, 3.63) is 81.7 Å². The number of Topliss-reactive ketones (excluding diaryl/α,β-unsaturated/α-hetero) is 1. The fourth-order valence-corrected chi connectivity index (χ4v) is 2.43. The van der Waals surface area contributed by atoms with Gasteiger partial charge in [-0.05, 0) is 24.1 Å². The van der Waals surface area contributed by atoms with Gasteiger partial charge in [0, 0.05) is 22.9 Å². The highest BCUT2D eigenvalue weighted by Crippen LogP contribution is 2.14. The SMILES string of the molecule is CCc1ccc(C(=O)Cc2cc3ccccc3oc2=O)cc1. The Hall–Kier alpha value is -2.68. The highest BCUT2D eigenvalue weighted by molar-refractivity contribution is 5.97. The predicted molar refractivity (Wildman–Crippen MR) is 86.3 cm³/mol. The summed E-state index contributed by atoms with van der Waals surface area (Å²) in [4.78, 5) is 24.3. The summed E-state index contributed by atoms with van der Waals surface area (Å²) in [5.74, 6) is -0.0785. The number of benzene rings is 2. The summed E-state index contributed by atoms with van der Waals surface area (Å²) < 4.78 is 5.26. The quantitative estimate of drug-likeness (QED) is 0.543. The molecule has 0 saturated heterocycles. The fraction of sp³-hybridized carbons (Fsp3) is 0.158. The third kappa shape index (κ3) is 2.84.